The van der Waals surface area contributed by atoms with Gasteiger partial charge in [-0.2, -0.15) is 17.0 Å². The normalized spacial score (nSPS) is 11.7. The van der Waals surface area contributed by atoms with Gasteiger partial charge < -0.3 is 9.47 Å². The summed E-state index contributed by atoms with van der Waals surface area (Å²) in [4.78, 5) is 12.0. The first-order chi connectivity index (χ1) is 10.8. The van der Waals surface area contributed by atoms with E-state index in [2.05, 4.69) is 0 Å². The molecule has 0 atom stereocenters. The van der Waals surface area contributed by atoms with Crippen LogP contribution in [0, 0.1) is 0 Å². The Kier molecular flexibility index (Phi) is 7.47. The Hall–Kier alpha value is -1.64. The molecule has 0 saturated heterocycles. The maximum Gasteiger partial charge on any atom is 0.338 e. The molecule has 23 heavy (non-hydrogen) atoms. The van der Waals surface area contributed by atoms with E-state index in [0.717, 1.165) is 15.0 Å². The van der Waals surface area contributed by atoms with Crippen LogP contribution in [0.5, 0.6) is 5.75 Å². The van der Waals surface area contributed by atoms with Gasteiger partial charge in [0.15, 0.2) is 0 Å². The van der Waals surface area contributed by atoms with Crippen molar-refractivity contribution < 1.29 is 22.7 Å². The number of hydrogen-bond donors (Lipinski definition) is 0. The van der Waals surface area contributed by atoms with Crippen molar-refractivity contribution >= 4 is 16.2 Å². The third-order valence-electron chi connectivity index (χ3n) is 3.04. The molecule has 0 amide bonds. The first-order valence-electron chi connectivity index (χ1n) is 7.32. The van der Waals surface area contributed by atoms with E-state index in [0.29, 0.717) is 17.9 Å². The molecule has 0 radical (unpaired) electrons. The summed E-state index contributed by atoms with van der Waals surface area (Å²) in [7, 11) is 0.820. The zero-order valence-corrected chi connectivity index (χ0v) is 14.8. The average Bonchev–Trinajstić information content (AvgIpc) is 2.52. The number of hydrogen-bond acceptors (Lipinski definition) is 5. The molecule has 1 aromatic rings. The minimum absolute atomic E-state index is 0.0253. The number of nitrogens with zero attached hydrogens (tertiary/aromatic N) is 2. The summed E-state index contributed by atoms with van der Waals surface area (Å²) in [6, 6.07) is 6.72. The van der Waals surface area contributed by atoms with Crippen molar-refractivity contribution in [1.29, 1.82) is 0 Å². The minimum Gasteiger partial charge on any atom is -0.494 e. The van der Waals surface area contributed by atoms with Crippen molar-refractivity contribution in [1.82, 2.24) is 8.61 Å². The van der Waals surface area contributed by atoms with Gasteiger partial charge in [0.2, 0.25) is 0 Å². The van der Waals surface area contributed by atoms with E-state index >= 15 is 0 Å². The highest BCUT2D eigenvalue weighted by Gasteiger charge is 2.20. The van der Waals surface area contributed by atoms with E-state index in [9.17, 15) is 13.2 Å². The molecule has 0 aromatic heterocycles. The third-order valence-corrected chi connectivity index (χ3v) is 4.93. The summed E-state index contributed by atoms with van der Waals surface area (Å²) in [5.41, 5.74) is 0.372. The highest BCUT2D eigenvalue weighted by molar-refractivity contribution is 7.86. The molecular weight excluding hydrogens is 320 g/mol. The summed E-state index contributed by atoms with van der Waals surface area (Å²) in [5.74, 6) is 0.0937. The Morgan fingerprint density at radius 1 is 1.17 bits per heavy atom. The van der Waals surface area contributed by atoms with Crippen LogP contribution < -0.4 is 4.74 Å². The van der Waals surface area contributed by atoms with Gasteiger partial charge in [-0.15, -0.1) is 0 Å². The number of rotatable bonds is 9. The molecule has 8 heteroatoms. The number of esters is 1. The SMILES string of the molecule is CCCOc1cccc(C(=O)OCCN(C)S(=O)(=O)N(C)C)c1. The summed E-state index contributed by atoms with van der Waals surface area (Å²) in [5, 5.41) is 0. The lowest BCUT2D eigenvalue weighted by atomic mass is 10.2. The number of likely N-dealkylation sites (N-methyl/N-ethyl adjacent to an activating group) is 1. The van der Waals surface area contributed by atoms with Gasteiger partial charge >= 0.3 is 5.97 Å². The van der Waals surface area contributed by atoms with Gasteiger partial charge in [0.05, 0.1) is 12.2 Å². The van der Waals surface area contributed by atoms with Crippen LogP contribution in [0.15, 0.2) is 24.3 Å². The fourth-order valence-electron chi connectivity index (χ4n) is 1.68. The van der Waals surface area contributed by atoms with E-state index in [1.807, 2.05) is 6.92 Å². The predicted octanol–water partition coefficient (Wildman–Crippen LogP) is 1.37. The zero-order chi connectivity index (χ0) is 17.5. The van der Waals surface area contributed by atoms with Gasteiger partial charge in [-0.05, 0) is 24.6 Å². The van der Waals surface area contributed by atoms with Gasteiger partial charge in [-0.25, -0.2) is 4.79 Å². The van der Waals surface area contributed by atoms with Crippen LogP contribution in [0.3, 0.4) is 0 Å². The largest absolute Gasteiger partial charge is 0.494 e. The van der Waals surface area contributed by atoms with E-state index in [-0.39, 0.29) is 13.2 Å². The maximum atomic E-state index is 12.0. The Balaban J connectivity index is 2.54. The molecule has 0 aliphatic heterocycles. The molecule has 0 saturated carbocycles. The van der Waals surface area contributed by atoms with Gasteiger partial charge in [0, 0.05) is 27.7 Å². The van der Waals surface area contributed by atoms with Gasteiger partial charge in [0.1, 0.15) is 12.4 Å². The Labute approximate surface area is 138 Å². The molecule has 0 fully saturated rings. The first-order valence-corrected chi connectivity index (χ1v) is 8.72. The standard InChI is InChI=1S/C15H24N2O5S/c1-5-10-21-14-8-6-7-13(12-14)15(18)22-11-9-17(4)23(19,20)16(2)3/h6-8,12H,5,9-11H2,1-4H3. The minimum atomic E-state index is -3.50. The van der Waals surface area contributed by atoms with Gasteiger partial charge in [0.25, 0.3) is 10.2 Å². The third kappa shape index (κ3) is 5.81. The molecule has 0 aliphatic rings. The van der Waals surface area contributed by atoms with Crippen molar-refractivity contribution in [3.8, 4) is 5.75 Å². The van der Waals surface area contributed by atoms with Crippen LogP contribution in [-0.4, -0.2) is 63.9 Å². The van der Waals surface area contributed by atoms with Crippen LogP contribution in [-0.2, 0) is 14.9 Å². The quantitative estimate of drug-likeness (QED) is 0.633. The topological polar surface area (TPSA) is 76.1 Å². The lowest BCUT2D eigenvalue weighted by molar-refractivity contribution is 0.0492. The molecule has 1 rings (SSSR count). The van der Waals surface area contributed by atoms with Crippen LogP contribution in [0.4, 0.5) is 0 Å². The van der Waals surface area contributed by atoms with E-state index < -0.39 is 16.2 Å². The summed E-state index contributed by atoms with van der Waals surface area (Å²) >= 11 is 0. The molecule has 0 bridgehead atoms. The molecule has 0 unspecified atom stereocenters. The van der Waals surface area contributed by atoms with Crippen molar-refractivity contribution in [3.63, 3.8) is 0 Å². The lowest BCUT2D eigenvalue weighted by Gasteiger charge is -2.21. The zero-order valence-electron chi connectivity index (χ0n) is 14.0. The lowest BCUT2D eigenvalue weighted by Crippen LogP contribution is -2.39. The van der Waals surface area contributed by atoms with Crippen LogP contribution in [0.25, 0.3) is 0 Å². The average molecular weight is 344 g/mol. The second kappa shape index (κ2) is 8.85. The summed E-state index contributed by atoms with van der Waals surface area (Å²) < 4.78 is 36.4. The molecule has 0 heterocycles. The van der Waals surface area contributed by atoms with Gasteiger partial charge in [-0.3, -0.25) is 0 Å². The highest BCUT2D eigenvalue weighted by atomic mass is 32.2. The van der Waals surface area contributed by atoms with Crippen LogP contribution in [0.1, 0.15) is 23.7 Å². The van der Waals surface area contributed by atoms with Crippen LogP contribution >= 0.6 is 0 Å². The second-order valence-electron chi connectivity index (χ2n) is 5.12. The maximum absolute atomic E-state index is 12.0. The molecule has 130 valence electrons. The Morgan fingerprint density at radius 2 is 1.87 bits per heavy atom. The van der Waals surface area contributed by atoms with E-state index in [1.165, 1.54) is 21.1 Å². The summed E-state index contributed by atoms with van der Waals surface area (Å²) in [6.45, 7) is 2.63. The summed E-state index contributed by atoms with van der Waals surface area (Å²) in [6.07, 6.45) is 0.876. The van der Waals surface area contributed by atoms with Crippen LogP contribution in [0.2, 0.25) is 0 Å². The fraction of sp³-hybridized carbons (Fsp3) is 0.533. The number of ether oxygens (including phenoxy) is 2. The molecular formula is C15H24N2O5S. The smallest absolute Gasteiger partial charge is 0.338 e. The van der Waals surface area contributed by atoms with Crippen molar-refractivity contribution in [2.24, 2.45) is 0 Å². The monoisotopic (exact) mass is 344 g/mol. The Morgan fingerprint density at radius 3 is 2.48 bits per heavy atom. The molecule has 7 nitrogen and oxygen atoms in total. The van der Waals surface area contributed by atoms with Gasteiger partial charge in [-0.1, -0.05) is 13.0 Å². The molecule has 0 N–H and O–H groups in total. The van der Waals surface area contributed by atoms with Crippen molar-refractivity contribution in [3.05, 3.63) is 29.8 Å². The number of carbonyl (C=O) groups excluding carboxylic acids is 1. The predicted molar refractivity (Wildman–Crippen MR) is 87.7 cm³/mol. The second-order valence-corrected chi connectivity index (χ2v) is 7.37. The van der Waals surface area contributed by atoms with E-state index in [4.69, 9.17) is 9.47 Å². The van der Waals surface area contributed by atoms with E-state index in [1.54, 1.807) is 24.3 Å². The molecule has 0 aliphatic carbocycles. The molecule has 0 spiro atoms. The van der Waals surface area contributed by atoms with Crippen molar-refractivity contribution in [2.75, 3.05) is 40.9 Å². The molecule has 1 aromatic carbocycles. The number of benzene rings is 1. The number of carbonyl (C=O) groups is 1. The first kappa shape index (κ1) is 19.4. The van der Waals surface area contributed by atoms with Crippen molar-refractivity contribution in [2.45, 2.75) is 13.3 Å². The fourth-order valence-corrected chi connectivity index (χ4v) is 2.54. The Bertz CT molecular complexity index is 616. The highest BCUT2D eigenvalue weighted by Crippen LogP contribution is 2.14.